The van der Waals surface area contributed by atoms with E-state index < -0.39 is 18.8 Å². The Balaban J connectivity index is 0. The average molecular weight is 250 g/mol. The highest BCUT2D eigenvalue weighted by atomic mass is 19.4. The lowest BCUT2D eigenvalue weighted by atomic mass is 10.4. The Labute approximate surface area is 86.9 Å². The van der Waals surface area contributed by atoms with Crippen molar-refractivity contribution >= 4 is 6.29 Å². The summed E-state index contributed by atoms with van der Waals surface area (Å²) in [6.07, 6.45) is -8.25. The van der Waals surface area contributed by atoms with Crippen molar-refractivity contribution in [1.29, 1.82) is 0 Å². The highest BCUT2D eigenvalue weighted by molar-refractivity contribution is 5.64. The first-order valence-electron chi connectivity index (χ1n) is 3.68. The van der Waals surface area contributed by atoms with Crippen molar-refractivity contribution in [2.75, 3.05) is 0 Å². The molecule has 0 fully saturated rings. The number of allylic oxidation sites excluding steroid dienone is 3. The van der Waals surface area contributed by atoms with E-state index in [9.17, 15) is 31.1 Å². The smallest absolute Gasteiger partial charge is 0.409 e. The molecular weight excluding hydrogens is 242 g/mol. The molecule has 8 heteroatoms. The molecule has 0 unspecified atom stereocenters. The summed E-state index contributed by atoms with van der Waals surface area (Å²) in [4.78, 5) is 9.26. The monoisotopic (exact) mass is 250 g/mol. The van der Waals surface area contributed by atoms with Crippen molar-refractivity contribution in [2.24, 2.45) is 0 Å². The zero-order valence-corrected chi connectivity index (χ0v) is 7.72. The first-order valence-corrected chi connectivity index (χ1v) is 3.68. The van der Waals surface area contributed by atoms with Gasteiger partial charge in [-0.25, -0.2) is 0 Å². The standard InChI is InChI=1S/C4H5F3O.C4H3F3O/c2*5-4(6,7)2-1-3-8/h1,3,8H,2H2;1-3H/b;2-1+. The molecule has 16 heavy (non-hydrogen) atoms. The van der Waals surface area contributed by atoms with Crippen LogP contribution in [0.25, 0.3) is 0 Å². The highest BCUT2D eigenvalue weighted by Crippen LogP contribution is 2.19. The third-order valence-corrected chi connectivity index (χ3v) is 0.818. The molecule has 1 N–H and O–H groups in total. The van der Waals surface area contributed by atoms with Gasteiger partial charge < -0.3 is 5.11 Å². The second-order valence-electron chi connectivity index (χ2n) is 2.24. The minimum absolute atomic E-state index is 0.0769. The molecule has 0 saturated heterocycles. The van der Waals surface area contributed by atoms with Crippen molar-refractivity contribution in [3.8, 4) is 0 Å². The van der Waals surface area contributed by atoms with Gasteiger partial charge in [-0.3, -0.25) is 4.79 Å². The lowest BCUT2D eigenvalue weighted by Crippen LogP contribution is -2.03. The summed E-state index contributed by atoms with van der Waals surface area (Å²) in [5, 5.41) is 7.75. The number of aliphatic hydroxyl groups excluding tert-OH is 1. The Bertz CT molecular complexity index is 238. The molecule has 0 aromatic heterocycles. The summed E-state index contributed by atoms with van der Waals surface area (Å²) >= 11 is 0. The first kappa shape index (κ1) is 16.9. The zero-order chi connectivity index (χ0) is 13.2. The topological polar surface area (TPSA) is 37.3 Å². The fraction of sp³-hybridized carbons (Fsp3) is 0.375. The summed E-state index contributed by atoms with van der Waals surface area (Å²) in [6, 6.07) is 0. The van der Waals surface area contributed by atoms with E-state index in [1.54, 1.807) is 0 Å². The minimum atomic E-state index is -4.36. The van der Waals surface area contributed by atoms with Gasteiger partial charge in [0, 0.05) is 6.08 Å². The quantitative estimate of drug-likeness (QED) is 0.353. The fourth-order valence-electron chi connectivity index (χ4n) is 0.335. The van der Waals surface area contributed by atoms with Crippen LogP contribution in [-0.2, 0) is 4.79 Å². The number of carbonyl (C=O) groups excluding carboxylic acids is 1. The maximum absolute atomic E-state index is 11.1. The molecule has 0 saturated carbocycles. The number of aldehydes is 1. The van der Waals surface area contributed by atoms with Crippen LogP contribution >= 0.6 is 0 Å². The molecule has 0 rings (SSSR count). The molecule has 0 atom stereocenters. The third kappa shape index (κ3) is 22.9. The number of alkyl halides is 6. The Morgan fingerprint density at radius 2 is 1.56 bits per heavy atom. The molecule has 0 aliphatic rings. The fourth-order valence-corrected chi connectivity index (χ4v) is 0.335. The molecule has 0 amide bonds. The third-order valence-electron chi connectivity index (χ3n) is 0.818. The van der Waals surface area contributed by atoms with E-state index in [0.717, 1.165) is 0 Å². The SMILES string of the molecule is O=C/C=C/C(F)(F)F.OC=CCC(F)(F)F. The molecule has 0 aliphatic carbocycles. The lowest BCUT2D eigenvalue weighted by Gasteiger charge is -1.98. The second kappa shape index (κ2) is 7.77. The molecular formula is C8H8F6O2. The van der Waals surface area contributed by atoms with E-state index in [-0.39, 0.29) is 12.4 Å². The van der Waals surface area contributed by atoms with Gasteiger partial charge in [0.1, 0.15) is 6.29 Å². The summed E-state index contributed by atoms with van der Waals surface area (Å²) in [5.74, 6) is 0. The van der Waals surface area contributed by atoms with E-state index in [4.69, 9.17) is 5.11 Å². The molecule has 94 valence electrons. The minimum Gasteiger partial charge on any atom is -0.516 e. The Kier molecular flexibility index (Phi) is 8.23. The summed E-state index contributed by atoms with van der Waals surface area (Å²) in [7, 11) is 0. The van der Waals surface area contributed by atoms with E-state index in [2.05, 4.69) is 0 Å². The van der Waals surface area contributed by atoms with Gasteiger partial charge in [-0.2, -0.15) is 26.3 Å². The zero-order valence-electron chi connectivity index (χ0n) is 7.72. The number of hydrogen-bond acceptors (Lipinski definition) is 2. The van der Waals surface area contributed by atoms with Gasteiger partial charge in [-0.1, -0.05) is 0 Å². The largest absolute Gasteiger partial charge is 0.516 e. The highest BCUT2D eigenvalue weighted by Gasteiger charge is 2.24. The van der Waals surface area contributed by atoms with Gasteiger partial charge in [0.25, 0.3) is 0 Å². The molecule has 0 aliphatic heterocycles. The van der Waals surface area contributed by atoms with Gasteiger partial charge in [0.15, 0.2) is 0 Å². The number of aliphatic hydroxyl groups is 1. The van der Waals surface area contributed by atoms with Crippen molar-refractivity contribution in [1.82, 2.24) is 0 Å². The summed E-state index contributed by atoms with van der Waals surface area (Å²) in [6.45, 7) is 0. The van der Waals surface area contributed by atoms with Crippen LogP contribution in [0.1, 0.15) is 6.42 Å². The van der Waals surface area contributed by atoms with Gasteiger partial charge in [-0.05, 0) is 12.2 Å². The molecule has 0 radical (unpaired) electrons. The Morgan fingerprint density at radius 1 is 1.06 bits per heavy atom. The summed E-state index contributed by atoms with van der Waals surface area (Å²) < 4.78 is 66.2. The Morgan fingerprint density at radius 3 is 1.69 bits per heavy atom. The maximum Gasteiger partial charge on any atom is 0.409 e. The van der Waals surface area contributed by atoms with Crippen molar-refractivity contribution in [2.45, 2.75) is 18.8 Å². The van der Waals surface area contributed by atoms with Gasteiger partial charge in [0.2, 0.25) is 0 Å². The van der Waals surface area contributed by atoms with Gasteiger partial charge >= 0.3 is 12.4 Å². The van der Waals surface area contributed by atoms with Crippen molar-refractivity contribution in [3.63, 3.8) is 0 Å². The van der Waals surface area contributed by atoms with E-state index >= 15 is 0 Å². The van der Waals surface area contributed by atoms with Crippen LogP contribution in [0.15, 0.2) is 24.5 Å². The first-order chi connectivity index (χ1) is 7.12. The van der Waals surface area contributed by atoms with Crippen molar-refractivity contribution < 1.29 is 36.2 Å². The summed E-state index contributed by atoms with van der Waals surface area (Å²) in [5.41, 5.74) is 0. The molecule has 0 aromatic rings. The predicted molar refractivity (Wildman–Crippen MR) is 43.7 cm³/mol. The molecule has 0 bridgehead atoms. The van der Waals surface area contributed by atoms with Crippen LogP contribution in [0, 0.1) is 0 Å². The van der Waals surface area contributed by atoms with Crippen LogP contribution in [0.4, 0.5) is 26.3 Å². The van der Waals surface area contributed by atoms with Gasteiger partial charge in [0.05, 0.1) is 12.7 Å². The number of halogens is 6. The maximum atomic E-state index is 11.1. The lowest BCUT2D eigenvalue weighted by molar-refractivity contribution is -0.125. The molecule has 0 heterocycles. The molecule has 0 spiro atoms. The number of hydrogen-bond donors (Lipinski definition) is 1. The normalized spacial score (nSPS) is 12.6. The van der Waals surface area contributed by atoms with Crippen LogP contribution in [0.3, 0.4) is 0 Å². The second-order valence-corrected chi connectivity index (χ2v) is 2.24. The molecule has 2 nitrogen and oxygen atoms in total. The Hall–Kier alpha value is -1.47. The van der Waals surface area contributed by atoms with Gasteiger partial charge in [-0.15, -0.1) is 0 Å². The van der Waals surface area contributed by atoms with E-state index in [1.807, 2.05) is 0 Å². The predicted octanol–water partition coefficient (Wildman–Crippen LogP) is 3.31. The van der Waals surface area contributed by atoms with Crippen LogP contribution in [-0.4, -0.2) is 23.7 Å². The van der Waals surface area contributed by atoms with Crippen LogP contribution < -0.4 is 0 Å². The average Bonchev–Trinajstić information content (AvgIpc) is 2.10. The molecule has 0 aromatic carbocycles. The van der Waals surface area contributed by atoms with Crippen molar-refractivity contribution in [3.05, 3.63) is 24.5 Å². The number of rotatable bonds is 2. The van der Waals surface area contributed by atoms with E-state index in [1.165, 1.54) is 0 Å². The van der Waals surface area contributed by atoms with Crippen LogP contribution in [0.2, 0.25) is 0 Å². The van der Waals surface area contributed by atoms with Crippen LogP contribution in [0.5, 0.6) is 0 Å². The van der Waals surface area contributed by atoms with E-state index in [0.29, 0.717) is 18.4 Å². The number of carbonyl (C=O) groups is 1.